The third-order valence-corrected chi connectivity index (χ3v) is 1.19. The second-order valence-electron chi connectivity index (χ2n) is 2.25. The van der Waals surface area contributed by atoms with Crippen LogP contribution in [0, 0.1) is 0 Å². The highest BCUT2D eigenvalue weighted by molar-refractivity contribution is 5.66. The van der Waals surface area contributed by atoms with E-state index in [9.17, 15) is 4.79 Å². The molecule has 4 nitrogen and oxygen atoms in total. The van der Waals surface area contributed by atoms with E-state index < -0.39 is 5.97 Å². The summed E-state index contributed by atoms with van der Waals surface area (Å²) in [5.41, 5.74) is 4.85. The maximum absolute atomic E-state index is 9.52. The van der Waals surface area contributed by atoms with Crippen molar-refractivity contribution in [3.63, 3.8) is 0 Å². The fourth-order valence-electron chi connectivity index (χ4n) is 0.634. The van der Waals surface area contributed by atoms with Crippen molar-refractivity contribution in [3.8, 4) is 0 Å². The Morgan fingerprint density at radius 1 is 1.45 bits per heavy atom. The second-order valence-corrected chi connectivity index (χ2v) is 2.25. The van der Waals surface area contributed by atoms with Gasteiger partial charge in [0.2, 0.25) is 0 Å². The van der Waals surface area contributed by atoms with Crippen molar-refractivity contribution >= 4 is 5.97 Å². The molecule has 1 fully saturated rings. The first kappa shape index (κ1) is 10.4. The molecule has 3 N–H and O–H groups in total. The Morgan fingerprint density at radius 3 is 2.09 bits per heavy atom. The zero-order chi connectivity index (χ0) is 8.53. The van der Waals surface area contributed by atoms with E-state index in [-0.39, 0.29) is 13.0 Å². The first-order valence-electron chi connectivity index (χ1n) is 3.77. The van der Waals surface area contributed by atoms with Crippen molar-refractivity contribution in [1.82, 2.24) is 0 Å². The van der Waals surface area contributed by atoms with E-state index in [2.05, 4.69) is 0 Å². The minimum atomic E-state index is -0.836. The summed E-state index contributed by atoms with van der Waals surface area (Å²) < 4.78 is 4.94. The monoisotopic (exact) mass is 161 g/mol. The highest BCUT2D eigenvalue weighted by Crippen LogP contribution is 1.98. The molecule has 0 aromatic carbocycles. The summed E-state index contributed by atoms with van der Waals surface area (Å²) >= 11 is 0. The number of hydrogen-bond donors (Lipinski definition) is 2. The number of carboxylic acids is 1. The molecule has 1 saturated heterocycles. The van der Waals surface area contributed by atoms with Gasteiger partial charge >= 0.3 is 5.97 Å². The van der Waals surface area contributed by atoms with Crippen molar-refractivity contribution in [3.05, 3.63) is 0 Å². The maximum Gasteiger partial charge on any atom is 0.304 e. The van der Waals surface area contributed by atoms with Gasteiger partial charge in [0, 0.05) is 19.8 Å². The molecule has 0 atom stereocenters. The molecule has 11 heavy (non-hydrogen) atoms. The molecule has 4 heteroatoms. The van der Waals surface area contributed by atoms with Gasteiger partial charge in [0.25, 0.3) is 0 Å². The minimum Gasteiger partial charge on any atom is -0.481 e. The molecule has 0 unspecified atom stereocenters. The zero-order valence-electron chi connectivity index (χ0n) is 6.58. The summed E-state index contributed by atoms with van der Waals surface area (Å²) in [5.74, 6) is -0.836. The Kier molecular flexibility index (Phi) is 7.08. The smallest absolute Gasteiger partial charge is 0.304 e. The lowest BCUT2D eigenvalue weighted by molar-refractivity contribution is -0.136. The van der Waals surface area contributed by atoms with Crippen molar-refractivity contribution in [1.29, 1.82) is 0 Å². The zero-order valence-corrected chi connectivity index (χ0v) is 6.58. The molecule has 0 bridgehead atoms. The molecule has 0 aromatic heterocycles. The van der Waals surface area contributed by atoms with Gasteiger partial charge in [-0.25, -0.2) is 0 Å². The van der Waals surface area contributed by atoms with Gasteiger partial charge in [-0.2, -0.15) is 0 Å². The number of carbonyl (C=O) groups is 1. The van der Waals surface area contributed by atoms with Crippen LogP contribution < -0.4 is 5.73 Å². The van der Waals surface area contributed by atoms with E-state index in [1.807, 2.05) is 0 Å². The average Bonchev–Trinajstić information content (AvgIpc) is 2.41. The van der Waals surface area contributed by atoms with Gasteiger partial charge in [-0.3, -0.25) is 4.79 Å². The van der Waals surface area contributed by atoms with Crippen LogP contribution in [0.15, 0.2) is 0 Å². The molecule has 0 amide bonds. The van der Waals surface area contributed by atoms with Gasteiger partial charge in [0.15, 0.2) is 0 Å². The fourth-order valence-corrected chi connectivity index (χ4v) is 0.634. The third-order valence-electron chi connectivity index (χ3n) is 1.19. The molecule has 0 aliphatic carbocycles. The van der Waals surface area contributed by atoms with Gasteiger partial charge in [-0.15, -0.1) is 0 Å². The van der Waals surface area contributed by atoms with Crippen LogP contribution in [0.5, 0.6) is 0 Å². The fraction of sp³-hybridized carbons (Fsp3) is 0.857. The van der Waals surface area contributed by atoms with Gasteiger partial charge in [0.05, 0.1) is 6.42 Å². The van der Waals surface area contributed by atoms with Crippen LogP contribution in [-0.4, -0.2) is 30.8 Å². The van der Waals surface area contributed by atoms with E-state index in [0.29, 0.717) is 0 Å². The number of nitrogens with two attached hydrogens (primary N) is 1. The van der Waals surface area contributed by atoms with Gasteiger partial charge in [-0.1, -0.05) is 0 Å². The summed E-state index contributed by atoms with van der Waals surface area (Å²) in [6.07, 6.45) is 2.62. The Labute approximate surface area is 66.3 Å². The van der Waals surface area contributed by atoms with Crippen LogP contribution in [-0.2, 0) is 9.53 Å². The predicted molar refractivity (Wildman–Crippen MR) is 41.4 cm³/mol. The lowest BCUT2D eigenvalue weighted by Gasteiger charge is -1.80. The molecule has 0 spiro atoms. The normalized spacial score (nSPS) is 15.4. The van der Waals surface area contributed by atoms with Crippen LogP contribution in [0.4, 0.5) is 0 Å². The lowest BCUT2D eigenvalue weighted by atomic mass is 10.4. The largest absolute Gasteiger partial charge is 0.481 e. The molecule has 1 aliphatic rings. The first-order valence-corrected chi connectivity index (χ1v) is 3.77. The Morgan fingerprint density at radius 2 is 2.00 bits per heavy atom. The molecular weight excluding hydrogens is 146 g/mol. The van der Waals surface area contributed by atoms with E-state index in [1.54, 1.807) is 0 Å². The Bertz CT molecular complexity index is 94.2. The quantitative estimate of drug-likeness (QED) is 0.607. The Hall–Kier alpha value is -0.610. The minimum absolute atomic E-state index is 0.0694. The van der Waals surface area contributed by atoms with Crippen molar-refractivity contribution in [2.45, 2.75) is 19.3 Å². The van der Waals surface area contributed by atoms with E-state index in [0.717, 1.165) is 13.2 Å². The van der Waals surface area contributed by atoms with Crippen molar-refractivity contribution in [2.24, 2.45) is 5.73 Å². The lowest BCUT2D eigenvalue weighted by Crippen LogP contribution is -2.05. The second kappa shape index (κ2) is 7.50. The van der Waals surface area contributed by atoms with Crippen LogP contribution in [0.1, 0.15) is 19.3 Å². The number of ether oxygens (including phenoxy) is 1. The number of aliphatic carboxylic acids is 1. The predicted octanol–water partition coefficient (Wildman–Crippen LogP) is 0.217. The summed E-state index contributed by atoms with van der Waals surface area (Å²) in [4.78, 5) is 9.52. The van der Waals surface area contributed by atoms with Crippen LogP contribution in [0.25, 0.3) is 0 Å². The van der Waals surface area contributed by atoms with Crippen LogP contribution >= 0.6 is 0 Å². The molecule has 1 rings (SSSR count). The van der Waals surface area contributed by atoms with Crippen LogP contribution in [0.3, 0.4) is 0 Å². The number of hydrogen-bond acceptors (Lipinski definition) is 3. The summed E-state index contributed by atoms with van der Waals surface area (Å²) in [5, 5.41) is 7.83. The molecule has 0 saturated carbocycles. The van der Waals surface area contributed by atoms with Crippen molar-refractivity contribution in [2.75, 3.05) is 19.8 Å². The van der Waals surface area contributed by atoms with Gasteiger partial charge in [0.1, 0.15) is 0 Å². The topological polar surface area (TPSA) is 72.5 Å². The molecule has 66 valence electrons. The summed E-state index contributed by atoms with van der Waals surface area (Å²) in [7, 11) is 0. The number of carboxylic acid groups (broad SMARTS) is 1. The highest BCUT2D eigenvalue weighted by atomic mass is 16.5. The van der Waals surface area contributed by atoms with Crippen LogP contribution in [0.2, 0.25) is 0 Å². The van der Waals surface area contributed by atoms with E-state index >= 15 is 0 Å². The van der Waals surface area contributed by atoms with Crippen molar-refractivity contribution < 1.29 is 14.6 Å². The standard InChI is InChI=1S/C4H8O.C3H7NO2/c1-2-4-5-3-1;4-2-1-3(5)6/h1-4H2;1-2,4H2,(H,5,6). The molecule has 0 radical (unpaired) electrons. The SMILES string of the molecule is C1CCOC1.NCCC(=O)O. The molecular formula is C7H15NO3. The molecule has 1 aliphatic heterocycles. The first-order chi connectivity index (χ1) is 5.27. The Balaban J connectivity index is 0.000000183. The van der Waals surface area contributed by atoms with Gasteiger partial charge < -0.3 is 15.6 Å². The van der Waals surface area contributed by atoms with Gasteiger partial charge in [-0.05, 0) is 12.8 Å². The third kappa shape index (κ3) is 9.39. The van der Waals surface area contributed by atoms with E-state index in [1.165, 1.54) is 12.8 Å². The maximum atomic E-state index is 9.52. The summed E-state index contributed by atoms with van der Waals surface area (Å²) in [6, 6.07) is 0. The number of rotatable bonds is 2. The average molecular weight is 161 g/mol. The molecule has 0 aromatic rings. The highest BCUT2D eigenvalue weighted by Gasteiger charge is 1.94. The summed E-state index contributed by atoms with van der Waals surface area (Å²) in [6.45, 7) is 2.23. The molecule has 1 heterocycles. The van der Waals surface area contributed by atoms with E-state index in [4.69, 9.17) is 15.6 Å².